The molecule has 25 heavy (non-hydrogen) atoms. The largest absolute Gasteiger partial charge is 0.497 e. The Labute approximate surface area is 144 Å². The quantitative estimate of drug-likeness (QED) is 0.545. The van der Waals surface area contributed by atoms with Crippen LogP contribution in [0.3, 0.4) is 0 Å². The number of carbonyl (C=O) groups excluding carboxylic acids is 1. The number of ether oxygens (including phenoxy) is 2. The molecule has 2 heterocycles. The third-order valence-electron chi connectivity index (χ3n) is 3.42. The molecule has 0 unspecified atom stereocenters. The highest BCUT2D eigenvalue weighted by molar-refractivity contribution is 6.10. The molecule has 1 N–H and O–H groups in total. The van der Waals surface area contributed by atoms with E-state index in [1.807, 2.05) is 6.92 Å². The van der Waals surface area contributed by atoms with Crippen molar-refractivity contribution in [3.05, 3.63) is 48.4 Å². The van der Waals surface area contributed by atoms with E-state index in [0.717, 1.165) is 0 Å². The van der Waals surface area contributed by atoms with E-state index in [1.165, 1.54) is 6.40 Å². The highest BCUT2D eigenvalue weighted by atomic mass is 16.5. The van der Waals surface area contributed by atoms with Gasteiger partial charge in [0.25, 0.3) is 5.91 Å². The van der Waals surface area contributed by atoms with Gasteiger partial charge in [-0.3, -0.25) is 4.79 Å². The lowest BCUT2D eigenvalue weighted by molar-refractivity contribution is 0.0999. The number of fused-ring (bicyclic) bond motifs is 1. The fourth-order valence-corrected chi connectivity index (χ4v) is 2.23. The third kappa shape index (κ3) is 3.60. The highest BCUT2D eigenvalue weighted by Crippen LogP contribution is 2.32. The summed E-state index contributed by atoms with van der Waals surface area (Å²) in [6, 6.07) is 10.5. The van der Waals surface area contributed by atoms with Crippen molar-refractivity contribution in [1.82, 2.24) is 4.98 Å². The summed E-state index contributed by atoms with van der Waals surface area (Å²) in [6.45, 7) is 2.32. The number of anilines is 1. The number of furan rings is 1. The minimum absolute atomic E-state index is 0.0699. The first-order valence-corrected chi connectivity index (χ1v) is 7.70. The fraction of sp³-hybridized carbons (Fsp3) is 0.167. The van der Waals surface area contributed by atoms with E-state index in [-0.39, 0.29) is 5.76 Å². The maximum absolute atomic E-state index is 12.6. The molecule has 1 aromatic carbocycles. The molecular formula is C18H17N3O4. The van der Waals surface area contributed by atoms with Crippen LogP contribution in [0.15, 0.2) is 52.0 Å². The molecular weight excluding hydrogens is 322 g/mol. The molecule has 3 rings (SSSR count). The van der Waals surface area contributed by atoms with Crippen LogP contribution in [-0.2, 0) is 4.74 Å². The topological polar surface area (TPSA) is 86.0 Å². The van der Waals surface area contributed by atoms with Crippen molar-refractivity contribution in [2.75, 3.05) is 19.0 Å². The number of pyridine rings is 1. The molecule has 0 spiro atoms. The number of amides is 1. The van der Waals surface area contributed by atoms with Crippen LogP contribution < -0.4 is 10.1 Å². The number of methoxy groups -OCH3 is 1. The predicted octanol–water partition coefficient (Wildman–Crippen LogP) is 3.79. The average molecular weight is 339 g/mol. The summed E-state index contributed by atoms with van der Waals surface area (Å²) < 4.78 is 15.8. The normalized spacial score (nSPS) is 11.0. The number of hydrogen-bond donors (Lipinski definition) is 1. The van der Waals surface area contributed by atoms with Gasteiger partial charge in [0.05, 0.1) is 19.1 Å². The van der Waals surface area contributed by atoms with Gasteiger partial charge in [0.1, 0.15) is 11.4 Å². The van der Waals surface area contributed by atoms with Crippen molar-refractivity contribution in [2.24, 2.45) is 4.99 Å². The molecule has 0 saturated carbocycles. The molecule has 0 saturated heterocycles. The van der Waals surface area contributed by atoms with E-state index in [9.17, 15) is 4.79 Å². The van der Waals surface area contributed by atoms with Gasteiger partial charge in [-0.15, -0.1) is 0 Å². The Kier molecular flexibility index (Phi) is 4.94. The summed E-state index contributed by atoms with van der Waals surface area (Å²) in [6.07, 6.45) is 2.88. The van der Waals surface area contributed by atoms with Crippen LogP contribution in [0.5, 0.6) is 5.75 Å². The van der Waals surface area contributed by atoms with Crippen LogP contribution in [0, 0.1) is 0 Å². The summed E-state index contributed by atoms with van der Waals surface area (Å²) in [5.41, 5.74) is 1.33. The Hall–Kier alpha value is -3.35. The van der Waals surface area contributed by atoms with Crippen LogP contribution >= 0.6 is 0 Å². The van der Waals surface area contributed by atoms with Crippen LogP contribution in [0.1, 0.15) is 17.5 Å². The van der Waals surface area contributed by atoms with Crippen LogP contribution in [0.4, 0.5) is 11.4 Å². The van der Waals surface area contributed by atoms with E-state index in [1.54, 1.807) is 49.7 Å². The molecule has 0 aliphatic carbocycles. The molecule has 0 atom stereocenters. The number of nitrogens with zero attached hydrogens (tertiary/aromatic N) is 2. The molecule has 1 amide bonds. The molecule has 0 aliphatic heterocycles. The maximum atomic E-state index is 12.6. The lowest BCUT2D eigenvalue weighted by Crippen LogP contribution is -2.11. The Bertz CT molecular complexity index is 900. The summed E-state index contributed by atoms with van der Waals surface area (Å²) >= 11 is 0. The average Bonchev–Trinajstić information content (AvgIpc) is 3.01. The van der Waals surface area contributed by atoms with Crippen LogP contribution in [0.2, 0.25) is 0 Å². The van der Waals surface area contributed by atoms with Gasteiger partial charge in [-0.25, -0.2) is 9.98 Å². The molecule has 0 fully saturated rings. The molecule has 2 aromatic heterocycles. The van der Waals surface area contributed by atoms with Crippen molar-refractivity contribution >= 4 is 34.8 Å². The van der Waals surface area contributed by atoms with Gasteiger partial charge in [-0.1, -0.05) is 0 Å². The molecule has 0 aliphatic rings. The van der Waals surface area contributed by atoms with Crippen molar-refractivity contribution in [1.29, 1.82) is 0 Å². The standard InChI is InChI=1S/C18H17N3O4/c1-3-24-11-20-15-14-5-4-10-19-18(14)25-16(15)17(22)21-12-6-8-13(23-2)9-7-12/h4-11H,3H2,1-2H3,(H,21,22). The second-order valence-electron chi connectivity index (χ2n) is 5.01. The maximum Gasteiger partial charge on any atom is 0.293 e. The smallest absolute Gasteiger partial charge is 0.293 e. The summed E-state index contributed by atoms with van der Waals surface area (Å²) in [5, 5.41) is 3.41. The Morgan fingerprint density at radius 3 is 2.84 bits per heavy atom. The van der Waals surface area contributed by atoms with E-state index in [0.29, 0.717) is 34.8 Å². The second-order valence-corrected chi connectivity index (χ2v) is 5.01. The van der Waals surface area contributed by atoms with Crippen molar-refractivity contribution in [3.63, 3.8) is 0 Å². The first-order valence-electron chi connectivity index (χ1n) is 7.70. The lowest BCUT2D eigenvalue weighted by Gasteiger charge is -2.05. The second kappa shape index (κ2) is 7.48. The van der Waals surface area contributed by atoms with E-state index in [4.69, 9.17) is 13.9 Å². The van der Waals surface area contributed by atoms with Gasteiger partial charge in [0.2, 0.25) is 11.5 Å². The molecule has 7 nitrogen and oxygen atoms in total. The first-order chi connectivity index (χ1) is 12.2. The van der Waals surface area contributed by atoms with Crippen molar-refractivity contribution < 1.29 is 18.7 Å². The third-order valence-corrected chi connectivity index (χ3v) is 3.42. The first kappa shape index (κ1) is 16.5. The number of benzene rings is 1. The van der Waals surface area contributed by atoms with Crippen LogP contribution in [-0.4, -0.2) is 31.0 Å². The highest BCUT2D eigenvalue weighted by Gasteiger charge is 2.21. The van der Waals surface area contributed by atoms with Crippen molar-refractivity contribution in [2.45, 2.75) is 6.92 Å². The molecule has 0 bridgehead atoms. The van der Waals surface area contributed by atoms with Crippen molar-refractivity contribution in [3.8, 4) is 5.75 Å². The number of nitrogens with one attached hydrogen (secondary N) is 1. The zero-order chi connectivity index (χ0) is 17.6. The zero-order valence-corrected chi connectivity index (χ0v) is 13.9. The van der Waals surface area contributed by atoms with E-state index >= 15 is 0 Å². The van der Waals surface area contributed by atoms with Gasteiger partial charge in [-0.05, 0) is 43.3 Å². The number of rotatable bonds is 6. The zero-order valence-electron chi connectivity index (χ0n) is 13.9. The number of aromatic nitrogens is 1. The molecule has 7 heteroatoms. The minimum Gasteiger partial charge on any atom is -0.497 e. The van der Waals surface area contributed by atoms with Gasteiger partial charge >= 0.3 is 0 Å². The molecule has 0 radical (unpaired) electrons. The molecule has 128 valence electrons. The summed E-state index contributed by atoms with van der Waals surface area (Å²) in [4.78, 5) is 21.0. The van der Waals surface area contributed by atoms with E-state index < -0.39 is 5.91 Å². The Morgan fingerprint density at radius 1 is 1.32 bits per heavy atom. The summed E-state index contributed by atoms with van der Waals surface area (Å²) in [5.74, 6) is 0.347. The lowest BCUT2D eigenvalue weighted by atomic mass is 10.2. The predicted molar refractivity (Wildman–Crippen MR) is 94.7 cm³/mol. The Morgan fingerprint density at radius 2 is 2.12 bits per heavy atom. The number of carbonyl (C=O) groups is 1. The van der Waals surface area contributed by atoms with Gasteiger partial charge in [0, 0.05) is 11.9 Å². The van der Waals surface area contributed by atoms with Gasteiger partial charge < -0.3 is 19.2 Å². The van der Waals surface area contributed by atoms with E-state index in [2.05, 4.69) is 15.3 Å². The summed E-state index contributed by atoms with van der Waals surface area (Å²) in [7, 11) is 1.58. The SMILES string of the molecule is CCOC=Nc1c(C(=O)Nc2ccc(OC)cc2)oc2ncccc12. The molecule has 3 aromatic rings. The Balaban J connectivity index is 1.92. The van der Waals surface area contributed by atoms with Gasteiger partial charge in [0.15, 0.2) is 6.40 Å². The van der Waals surface area contributed by atoms with Gasteiger partial charge in [-0.2, -0.15) is 0 Å². The monoisotopic (exact) mass is 339 g/mol. The fourth-order valence-electron chi connectivity index (χ4n) is 2.23. The number of aliphatic imine (C=N–C) groups is 1. The number of hydrogen-bond acceptors (Lipinski definition) is 6. The minimum atomic E-state index is -0.424. The van der Waals surface area contributed by atoms with Crippen LogP contribution in [0.25, 0.3) is 11.1 Å².